The van der Waals surface area contributed by atoms with Crippen LogP contribution in [0.3, 0.4) is 0 Å². The van der Waals surface area contributed by atoms with Crippen molar-refractivity contribution in [3.63, 3.8) is 0 Å². The van der Waals surface area contributed by atoms with E-state index in [4.69, 9.17) is 0 Å². The van der Waals surface area contributed by atoms with E-state index in [9.17, 15) is 4.79 Å². The van der Waals surface area contributed by atoms with E-state index in [1.165, 1.54) is 19.3 Å². The van der Waals surface area contributed by atoms with Gasteiger partial charge in [-0.1, -0.05) is 6.42 Å². The maximum Gasteiger partial charge on any atom is 0.236 e. The lowest BCUT2D eigenvalue weighted by molar-refractivity contribution is -0.130. The summed E-state index contributed by atoms with van der Waals surface area (Å²) in [5.74, 6) is 0.214. The first-order valence-electron chi connectivity index (χ1n) is 6.79. The van der Waals surface area contributed by atoms with Crippen LogP contribution in [0.25, 0.3) is 0 Å². The standard InChI is InChI=1S/C13H27N3O/c1-4-16(3)13(17)11-15(2)10-8-12-7-5-6-9-14-12/h12,14H,4-11H2,1-3H3. The highest BCUT2D eigenvalue weighted by atomic mass is 16.2. The third kappa shape index (κ3) is 5.50. The second-order valence-electron chi connectivity index (χ2n) is 5.08. The van der Waals surface area contributed by atoms with Gasteiger partial charge in [0.2, 0.25) is 5.91 Å². The highest BCUT2D eigenvalue weighted by molar-refractivity contribution is 5.77. The van der Waals surface area contributed by atoms with Crippen molar-refractivity contribution in [2.45, 2.75) is 38.6 Å². The van der Waals surface area contributed by atoms with E-state index >= 15 is 0 Å². The van der Waals surface area contributed by atoms with Gasteiger partial charge in [0, 0.05) is 19.6 Å². The number of hydrogen-bond donors (Lipinski definition) is 1. The summed E-state index contributed by atoms with van der Waals surface area (Å²) in [5, 5.41) is 3.54. The van der Waals surface area contributed by atoms with Crippen LogP contribution in [-0.2, 0) is 4.79 Å². The molecule has 1 aliphatic heterocycles. The average Bonchev–Trinajstić information content (AvgIpc) is 2.36. The third-order valence-electron chi connectivity index (χ3n) is 3.58. The molecule has 1 atom stereocenters. The molecule has 0 aliphatic carbocycles. The number of piperidine rings is 1. The van der Waals surface area contributed by atoms with Crippen molar-refractivity contribution < 1.29 is 4.79 Å². The van der Waals surface area contributed by atoms with Crippen LogP contribution in [0.2, 0.25) is 0 Å². The summed E-state index contributed by atoms with van der Waals surface area (Å²) in [4.78, 5) is 15.6. The van der Waals surface area contributed by atoms with Crippen molar-refractivity contribution in [1.29, 1.82) is 0 Å². The fourth-order valence-electron chi connectivity index (χ4n) is 2.15. The molecule has 100 valence electrons. The monoisotopic (exact) mass is 241 g/mol. The molecule has 0 aromatic carbocycles. The van der Waals surface area contributed by atoms with E-state index < -0.39 is 0 Å². The fourth-order valence-corrected chi connectivity index (χ4v) is 2.15. The molecule has 0 bridgehead atoms. The van der Waals surface area contributed by atoms with Crippen molar-refractivity contribution in [3.05, 3.63) is 0 Å². The SMILES string of the molecule is CCN(C)C(=O)CN(C)CCC1CCCCN1. The Bertz CT molecular complexity index is 227. The molecule has 1 aliphatic rings. The molecule has 17 heavy (non-hydrogen) atoms. The number of rotatable bonds is 6. The van der Waals surface area contributed by atoms with Gasteiger partial charge in [-0.25, -0.2) is 0 Å². The number of hydrogen-bond acceptors (Lipinski definition) is 3. The summed E-state index contributed by atoms with van der Waals surface area (Å²) in [5.41, 5.74) is 0. The number of carbonyl (C=O) groups excluding carboxylic acids is 1. The highest BCUT2D eigenvalue weighted by Crippen LogP contribution is 2.10. The van der Waals surface area contributed by atoms with Crippen LogP contribution in [0.1, 0.15) is 32.6 Å². The van der Waals surface area contributed by atoms with Gasteiger partial charge in [0.1, 0.15) is 0 Å². The summed E-state index contributed by atoms with van der Waals surface area (Å²) in [6, 6.07) is 0.658. The summed E-state index contributed by atoms with van der Waals surface area (Å²) >= 11 is 0. The minimum absolute atomic E-state index is 0.214. The molecular weight excluding hydrogens is 214 g/mol. The molecule has 4 nitrogen and oxygen atoms in total. The average molecular weight is 241 g/mol. The zero-order valence-electron chi connectivity index (χ0n) is 11.5. The predicted octanol–water partition coefficient (Wildman–Crippen LogP) is 0.929. The van der Waals surface area contributed by atoms with E-state index in [0.717, 1.165) is 26.1 Å². The lowest BCUT2D eigenvalue weighted by Gasteiger charge is -2.26. The molecule has 1 unspecified atom stereocenters. The molecule has 0 spiro atoms. The zero-order chi connectivity index (χ0) is 12.7. The van der Waals surface area contributed by atoms with Gasteiger partial charge in [-0.2, -0.15) is 0 Å². The molecule has 1 saturated heterocycles. The van der Waals surface area contributed by atoms with Crippen molar-refractivity contribution >= 4 is 5.91 Å². The summed E-state index contributed by atoms with van der Waals surface area (Å²) in [6.45, 7) is 5.49. The Hall–Kier alpha value is -0.610. The maximum atomic E-state index is 11.7. The first kappa shape index (κ1) is 14.5. The topological polar surface area (TPSA) is 35.6 Å². The fraction of sp³-hybridized carbons (Fsp3) is 0.923. The molecule has 1 rings (SSSR count). The van der Waals surface area contributed by atoms with Crippen molar-refractivity contribution in [1.82, 2.24) is 15.1 Å². The van der Waals surface area contributed by atoms with Gasteiger partial charge in [0.25, 0.3) is 0 Å². The van der Waals surface area contributed by atoms with Crippen molar-refractivity contribution in [3.8, 4) is 0 Å². The second-order valence-corrected chi connectivity index (χ2v) is 5.08. The lowest BCUT2D eigenvalue weighted by atomic mass is 10.0. The van der Waals surface area contributed by atoms with Gasteiger partial charge in [0.15, 0.2) is 0 Å². The van der Waals surface area contributed by atoms with Crippen LogP contribution in [0.5, 0.6) is 0 Å². The molecular formula is C13H27N3O. The number of nitrogens with zero attached hydrogens (tertiary/aromatic N) is 2. The zero-order valence-corrected chi connectivity index (χ0v) is 11.5. The Morgan fingerprint density at radius 1 is 1.35 bits per heavy atom. The lowest BCUT2D eigenvalue weighted by Crippen LogP contribution is -2.40. The number of nitrogens with one attached hydrogen (secondary N) is 1. The largest absolute Gasteiger partial charge is 0.345 e. The minimum Gasteiger partial charge on any atom is -0.345 e. The normalized spacial score (nSPS) is 20.6. The Kier molecular flexibility index (Phi) is 6.52. The molecule has 4 heteroatoms. The molecule has 1 N–H and O–H groups in total. The van der Waals surface area contributed by atoms with Crippen LogP contribution >= 0.6 is 0 Å². The number of amides is 1. The van der Waals surface area contributed by atoms with Gasteiger partial charge in [-0.05, 0) is 46.3 Å². The van der Waals surface area contributed by atoms with Crippen LogP contribution in [0.4, 0.5) is 0 Å². The van der Waals surface area contributed by atoms with Crippen LogP contribution in [0, 0.1) is 0 Å². The summed E-state index contributed by atoms with van der Waals surface area (Å²) in [6.07, 6.45) is 5.10. The molecule has 1 fully saturated rings. The number of carbonyl (C=O) groups is 1. The van der Waals surface area contributed by atoms with Gasteiger partial charge in [0.05, 0.1) is 6.54 Å². The highest BCUT2D eigenvalue weighted by Gasteiger charge is 2.14. The van der Waals surface area contributed by atoms with E-state index in [1.54, 1.807) is 4.90 Å². The van der Waals surface area contributed by atoms with E-state index in [0.29, 0.717) is 12.6 Å². The van der Waals surface area contributed by atoms with Gasteiger partial charge >= 0.3 is 0 Å². The Morgan fingerprint density at radius 2 is 2.12 bits per heavy atom. The van der Waals surface area contributed by atoms with Gasteiger partial charge in [-0.15, -0.1) is 0 Å². The first-order valence-corrected chi connectivity index (χ1v) is 6.79. The maximum absolute atomic E-state index is 11.7. The summed E-state index contributed by atoms with van der Waals surface area (Å²) < 4.78 is 0. The first-order chi connectivity index (χ1) is 8.13. The van der Waals surface area contributed by atoms with Crippen molar-refractivity contribution in [2.24, 2.45) is 0 Å². The Morgan fingerprint density at radius 3 is 2.71 bits per heavy atom. The minimum atomic E-state index is 0.214. The molecule has 0 aromatic rings. The number of likely N-dealkylation sites (N-methyl/N-ethyl adjacent to an activating group) is 2. The smallest absolute Gasteiger partial charge is 0.236 e. The predicted molar refractivity (Wildman–Crippen MR) is 71.1 cm³/mol. The van der Waals surface area contributed by atoms with Crippen LogP contribution in [0.15, 0.2) is 0 Å². The quantitative estimate of drug-likeness (QED) is 0.751. The van der Waals surface area contributed by atoms with Gasteiger partial charge < -0.3 is 10.2 Å². The summed E-state index contributed by atoms with van der Waals surface area (Å²) in [7, 11) is 3.89. The Labute approximate surface area is 105 Å². The molecule has 1 heterocycles. The third-order valence-corrected chi connectivity index (χ3v) is 3.58. The van der Waals surface area contributed by atoms with E-state index in [1.807, 2.05) is 21.0 Å². The molecule has 1 amide bonds. The van der Waals surface area contributed by atoms with Gasteiger partial charge in [-0.3, -0.25) is 9.69 Å². The van der Waals surface area contributed by atoms with E-state index in [2.05, 4.69) is 10.2 Å². The van der Waals surface area contributed by atoms with Crippen LogP contribution < -0.4 is 5.32 Å². The van der Waals surface area contributed by atoms with E-state index in [-0.39, 0.29) is 5.91 Å². The van der Waals surface area contributed by atoms with Crippen LogP contribution in [-0.4, -0.2) is 62.0 Å². The molecule has 0 aromatic heterocycles. The van der Waals surface area contributed by atoms with Crippen molar-refractivity contribution in [2.75, 3.05) is 40.3 Å². The Balaban J connectivity index is 2.15. The molecule has 0 saturated carbocycles. The molecule has 0 radical (unpaired) electrons. The second kappa shape index (κ2) is 7.67.